The molecule has 0 saturated carbocycles. The highest BCUT2D eigenvalue weighted by Crippen LogP contribution is 2.47. The quantitative estimate of drug-likeness (QED) is 0.853. The lowest BCUT2D eigenvalue weighted by molar-refractivity contribution is -0.119. The number of aromatic nitrogens is 1. The Morgan fingerprint density at radius 3 is 2.88 bits per heavy atom. The molecule has 0 radical (unpaired) electrons. The molecule has 0 spiro atoms. The standard InChI is InChI=1S/C17H19N3O3S/c1-22-13-7-3-5-11(14(13)23-2)15-19-9-4-6-12(19)16(21)20(15)17-18-8-10-24-17/h3,5,7-8,10,12,15H,4,6,9H2,1-2H3. The maximum atomic E-state index is 13.0. The number of hydrogen-bond donors (Lipinski definition) is 0. The van der Waals surface area contributed by atoms with Crippen molar-refractivity contribution in [3.63, 3.8) is 0 Å². The van der Waals surface area contributed by atoms with Crippen molar-refractivity contribution < 1.29 is 14.3 Å². The average molecular weight is 345 g/mol. The molecule has 2 fully saturated rings. The maximum absolute atomic E-state index is 13.0. The van der Waals surface area contributed by atoms with Crippen LogP contribution in [0.5, 0.6) is 11.5 Å². The summed E-state index contributed by atoms with van der Waals surface area (Å²) in [6.07, 6.45) is 3.45. The molecule has 2 aliphatic heterocycles. The molecule has 2 aliphatic rings. The molecule has 126 valence electrons. The monoisotopic (exact) mass is 345 g/mol. The van der Waals surface area contributed by atoms with Crippen LogP contribution in [0.3, 0.4) is 0 Å². The number of methoxy groups -OCH3 is 2. The number of nitrogens with zero attached hydrogens (tertiary/aromatic N) is 3. The van der Waals surface area contributed by atoms with Gasteiger partial charge in [0.1, 0.15) is 6.17 Å². The zero-order valence-electron chi connectivity index (χ0n) is 13.6. The molecule has 4 rings (SSSR count). The Morgan fingerprint density at radius 2 is 2.17 bits per heavy atom. The van der Waals surface area contributed by atoms with E-state index in [1.807, 2.05) is 28.5 Å². The van der Waals surface area contributed by atoms with E-state index in [1.165, 1.54) is 11.3 Å². The minimum Gasteiger partial charge on any atom is -0.493 e. The van der Waals surface area contributed by atoms with Crippen molar-refractivity contribution in [2.24, 2.45) is 0 Å². The highest BCUT2D eigenvalue weighted by Gasteiger charge is 2.51. The van der Waals surface area contributed by atoms with E-state index in [1.54, 1.807) is 20.4 Å². The van der Waals surface area contributed by atoms with Gasteiger partial charge in [-0.2, -0.15) is 0 Å². The fourth-order valence-electron chi connectivity index (χ4n) is 3.74. The molecule has 0 aliphatic carbocycles. The molecule has 0 bridgehead atoms. The fraction of sp³-hybridized carbons (Fsp3) is 0.412. The van der Waals surface area contributed by atoms with Crippen LogP contribution < -0.4 is 14.4 Å². The van der Waals surface area contributed by atoms with Gasteiger partial charge in [-0.25, -0.2) is 4.98 Å². The molecule has 1 amide bonds. The molecule has 24 heavy (non-hydrogen) atoms. The summed E-state index contributed by atoms with van der Waals surface area (Å²) in [4.78, 5) is 21.4. The van der Waals surface area contributed by atoms with Crippen molar-refractivity contribution in [3.8, 4) is 11.5 Å². The predicted molar refractivity (Wildman–Crippen MR) is 91.6 cm³/mol. The Kier molecular flexibility index (Phi) is 3.90. The van der Waals surface area contributed by atoms with Crippen LogP contribution in [-0.2, 0) is 4.79 Å². The number of ether oxygens (including phenoxy) is 2. The molecule has 2 atom stereocenters. The first kappa shape index (κ1) is 15.4. The number of anilines is 1. The number of para-hydroxylation sites is 1. The lowest BCUT2D eigenvalue weighted by atomic mass is 10.1. The Bertz CT molecular complexity index is 750. The third-order valence-corrected chi connectivity index (χ3v) is 5.48. The molecular weight excluding hydrogens is 326 g/mol. The van der Waals surface area contributed by atoms with Gasteiger partial charge in [0, 0.05) is 23.7 Å². The third-order valence-electron chi connectivity index (χ3n) is 4.71. The number of hydrogen-bond acceptors (Lipinski definition) is 6. The largest absolute Gasteiger partial charge is 0.493 e. The predicted octanol–water partition coefficient (Wildman–Crippen LogP) is 2.67. The second-order valence-electron chi connectivity index (χ2n) is 5.88. The number of fused-ring (bicyclic) bond motifs is 1. The average Bonchev–Trinajstić information content (AvgIpc) is 3.32. The van der Waals surface area contributed by atoms with Gasteiger partial charge in [-0.15, -0.1) is 11.3 Å². The summed E-state index contributed by atoms with van der Waals surface area (Å²) in [5.74, 6) is 1.47. The van der Waals surface area contributed by atoms with Crippen LogP contribution in [0, 0.1) is 0 Å². The first-order valence-corrected chi connectivity index (χ1v) is 8.83. The van der Waals surface area contributed by atoms with Gasteiger partial charge < -0.3 is 9.47 Å². The topological polar surface area (TPSA) is 54.9 Å². The zero-order chi connectivity index (χ0) is 16.7. The second-order valence-corrected chi connectivity index (χ2v) is 6.75. The number of amides is 1. The molecular formula is C17H19N3O3S. The molecule has 6 nitrogen and oxygen atoms in total. The van der Waals surface area contributed by atoms with E-state index in [-0.39, 0.29) is 18.1 Å². The Labute approximate surface area is 144 Å². The van der Waals surface area contributed by atoms with E-state index < -0.39 is 0 Å². The van der Waals surface area contributed by atoms with Crippen molar-refractivity contribution in [2.75, 3.05) is 25.7 Å². The molecule has 2 saturated heterocycles. The zero-order valence-corrected chi connectivity index (χ0v) is 14.5. The Morgan fingerprint density at radius 1 is 1.29 bits per heavy atom. The van der Waals surface area contributed by atoms with Crippen LogP contribution >= 0.6 is 11.3 Å². The molecule has 1 aromatic carbocycles. The Balaban J connectivity index is 1.86. The van der Waals surface area contributed by atoms with Crippen LogP contribution in [0.4, 0.5) is 5.13 Å². The van der Waals surface area contributed by atoms with Gasteiger partial charge in [-0.05, 0) is 18.9 Å². The van der Waals surface area contributed by atoms with Crippen LogP contribution in [0.25, 0.3) is 0 Å². The van der Waals surface area contributed by atoms with E-state index in [0.29, 0.717) is 11.5 Å². The van der Waals surface area contributed by atoms with Crippen molar-refractivity contribution in [2.45, 2.75) is 25.0 Å². The third kappa shape index (κ3) is 2.19. The highest BCUT2D eigenvalue weighted by atomic mass is 32.1. The Hall–Kier alpha value is -2.12. The summed E-state index contributed by atoms with van der Waals surface area (Å²) in [7, 11) is 3.26. The van der Waals surface area contributed by atoms with Crippen LogP contribution in [0.15, 0.2) is 29.8 Å². The van der Waals surface area contributed by atoms with Gasteiger partial charge in [0.2, 0.25) is 5.91 Å². The number of carbonyl (C=O) groups is 1. The number of thiazole rings is 1. The van der Waals surface area contributed by atoms with E-state index >= 15 is 0 Å². The van der Waals surface area contributed by atoms with Crippen LogP contribution in [0.2, 0.25) is 0 Å². The van der Waals surface area contributed by atoms with E-state index in [0.717, 1.165) is 30.1 Å². The minimum absolute atomic E-state index is 0.0743. The highest BCUT2D eigenvalue weighted by molar-refractivity contribution is 7.13. The summed E-state index contributed by atoms with van der Waals surface area (Å²) in [6, 6.07) is 5.73. The molecule has 7 heteroatoms. The first-order valence-electron chi connectivity index (χ1n) is 7.95. The smallest absolute Gasteiger partial charge is 0.247 e. The van der Waals surface area contributed by atoms with Crippen molar-refractivity contribution in [3.05, 3.63) is 35.3 Å². The lowest BCUT2D eigenvalue weighted by Crippen LogP contribution is -2.32. The summed E-state index contributed by atoms with van der Waals surface area (Å²) in [5, 5.41) is 2.62. The van der Waals surface area contributed by atoms with E-state index in [4.69, 9.17) is 9.47 Å². The maximum Gasteiger partial charge on any atom is 0.247 e. The SMILES string of the molecule is COc1cccc(C2N(c3nccs3)C(=O)C3CCCN32)c1OC. The number of rotatable bonds is 4. The normalized spacial score (nSPS) is 23.6. The van der Waals surface area contributed by atoms with Gasteiger partial charge >= 0.3 is 0 Å². The lowest BCUT2D eigenvalue weighted by Gasteiger charge is -2.29. The van der Waals surface area contributed by atoms with Gasteiger partial charge in [0.15, 0.2) is 16.6 Å². The van der Waals surface area contributed by atoms with E-state index in [2.05, 4.69) is 9.88 Å². The van der Waals surface area contributed by atoms with Crippen molar-refractivity contribution in [1.82, 2.24) is 9.88 Å². The van der Waals surface area contributed by atoms with Gasteiger partial charge in [-0.1, -0.05) is 12.1 Å². The van der Waals surface area contributed by atoms with Crippen LogP contribution in [-0.4, -0.2) is 42.6 Å². The van der Waals surface area contributed by atoms with Gasteiger partial charge in [0.05, 0.1) is 20.3 Å². The summed E-state index contributed by atoms with van der Waals surface area (Å²) >= 11 is 1.48. The molecule has 2 aromatic rings. The van der Waals surface area contributed by atoms with Crippen molar-refractivity contribution in [1.29, 1.82) is 0 Å². The molecule has 0 N–H and O–H groups in total. The van der Waals surface area contributed by atoms with E-state index in [9.17, 15) is 4.79 Å². The molecule has 3 heterocycles. The van der Waals surface area contributed by atoms with Gasteiger partial charge in [-0.3, -0.25) is 14.6 Å². The number of carbonyl (C=O) groups excluding carboxylic acids is 1. The van der Waals surface area contributed by atoms with Crippen LogP contribution in [0.1, 0.15) is 24.6 Å². The summed E-state index contributed by atoms with van der Waals surface area (Å²) in [5.41, 5.74) is 0.935. The molecule has 2 unspecified atom stereocenters. The first-order chi connectivity index (χ1) is 11.8. The van der Waals surface area contributed by atoms with Crippen molar-refractivity contribution >= 4 is 22.4 Å². The minimum atomic E-state index is -0.207. The number of benzene rings is 1. The second kappa shape index (κ2) is 6.07. The van der Waals surface area contributed by atoms with Gasteiger partial charge in [0.25, 0.3) is 0 Å². The fourth-order valence-corrected chi connectivity index (χ4v) is 4.41. The summed E-state index contributed by atoms with van der Waals surface area (Å²) in [6.45, 7) is 0.892. The molecule has 1 aromatic heterocycles. The summed E-state index contributed by atoms with van der Waals surface area (Å²) < 4.78 is 11.1.